The average molecular weight is 481 g/mol. The van der Waals surface area contributed by atoms with Crippen molar-refractivity contribution in [1.29, 1.82) is 0 Å². The van der Waals surface area contributed by atoms with Gasteiger partial charge in [-0.25, -0.2) is 0 Å². The summed E-state index contributed by atoms with van der Waals surface area (Å²) in [7, 11) is 0. The Kier molecular flexibility index (Phi) is 909. The molecule has 56 valence electrons. The monoisotopic (exact) mass is 478 g/mol. The van der Waals surface area contributed by atoms with E-state index >= 15 is 0 Å². The van der Waals surface area contributed by atoms with Gasteiger partial charge >= 0.3 is 42.8 Å². The first kappa shape index (κ1) is 94.9. The normalized spacial score (nSPS) is 0. The molecule has 7 heteroatoms. The van der Waals surface area contributed by atoms with Crippen molar-refractivity contribution in [2.45, 2.75) is 0 Å². The van der Waals surface area contributed by atoms with E-state index in [2.05, 4.69) is 0 Å². The molecule has 0 N–H and O–H groups in total. The van der Waals surface area contributed by atoms with Gasteiger partial charge in [-0.05, 0) is 0 Å². The summed E-state index contributed by atoms with van der Waals surface area (Å²) in [6.07, 6.45) is 0. The van der Waals surface area contributed by atoms with E-state index in [0.29, 0.717) is 0 Å². The maximum atomic E-state index is 0. The van der Waals surface area contributed by atoms with Gasteiger partial charge in [-0.2, -0.15) is 0 Å². The Morgan fingerprint density at radius 1 is 0.429 bits per heavy atom. The third kappa shape index (κ3) is 51.1. The zero-order chi connectivity index (χ0) is 0. The second kappa shape index (κ2) is 67.1. The summed E-state index contributed by atoms with van der Waals surface area (Å²) in [6.45, 7) is 0. The molecular weight excluding hydrogens is 481 g/mol. The second-order valence-corrected chi connectivity index (χ2v) is 0. The van der Waals surface area contributed by atoms with E-state index in [1.165, 1.54) is 0 Å². The molecule has 0 unspecified atom stereocenters. The molecule has 0 aliphatic heterocycles. The van der Waals surface area contributed by atoms with Crippen LogP contribution in [0.3, 0.4) is 0 Å². The molecule has 0 nitrogen and oxygen atoms in total. The standard InChI is InChI=1S/Au.5ClH.Pd/h;5*1H;/q+3;;;;;;+2/p-5. The van der Waals surface area contributed by atoms with Gasteiger partial charge in [-0.3, -0.25) is 0 Å². The largest absolute Gasteiger partial charge is 3.00 e. The van der Waals surface area contributed by atoms with Crippen molar-refractivity contribution < 1.29 is 105 Å². The minimum absolute atomic E-state index is 0. The van der Waals surface area contributed by atoms with Gasteiger partial charge in [0.15, 0.2) is 0 Å². The Hall–Kier alpha value is 2.85. The van der Waals surface area contributed by atoms with E-state index in [1.54, 1.807) is 0 Å². The fourth-order valence-corrected chi connectivity index (χ4v) is 0. The first-order valence-electron chi connectivity index (χ1n) is 0. The molecule has 0 spiro atoms. The minimum Gasteiger partial charge on any atom is -1.00 e. The molecule has 0 amide bonds. The van der Waals surface area contributed by atoms with Crippen molar-refractivity contribution in [2.24, 2.45) is 0 Å². The molecule has 0 aliphatic carbocycles. The van der Waals surface area contributed by atoms with Crippen LogP contribution in [0.1, 0.15) is 0 Å². The van der Waals surface area contributed by atoms with E-state index in [1.807, 2.05) is 0 Å². The van der Waals surface area contributed by atoms with Crippen molar-refractivity contribution in [2.75, 3.05) is 0 Å². The summed E-state index contributed by atoms with van der Waals surface area (Å²) in [5.41, 5.74) is 0. The van der Waals surface area contributed by atoms with E-state index < -0.39 is 0 Å². The van der Waals surface area contributed by atoms with Gasteiger partial charge in [0.1, 0.15) is 0 Å². The van der Waals surface area contributed by atoms with Crippen molar-refractivity contribution in [3.05, 3.63) is 0 Å². The Morgan fingerprint density at radius 2 is 0.429 bits per heavy atom. The quantitative estimate of drug-likeness (QED) is 0.302. The van der Waals surface area contributed by atoms with Gasteiger partial charge < -0.3 is 62.0 Å². The Labute approximate surface area is 104 Å². The maximum Gasteiger partial charge on any atom is 3.00 e. The first-order valence-corrected chi connectivity index (χ1v) is 0. The molecule has 0 radical (unpaired) electrons. The number of rotatable bonds is 0. The van der Waals surface area contributed by atoms with Gasteiger partial charge in [0.05, 0.1) is 0 Å². The number of hydrogen-bond donors (Lipinski definition) is 0. The van der Waals surface area contributed by atoms with Crippen LogP contribution in [-0.2, 0) is 42.8 Å². The molecule has 0 heterocycles. The van der Waals surface area contributed by atoms with Gasteiger partial charge in [-0.15, -0.1) is 0 Å². The number of halogens is 5. The van der Waals surface area contributed by atoms with E-state index in [9.17, 15) is 0 Å². The summed E-state index contributed by atoms with van der Waals surface area (Å²) in [5, 5.41) is 0. The van der Waals surface area contributed by atoms with Crippen LogP contribution in [0.15, 0.2) is 0 Å². The zero-order valence-electron chi connectivity index (χ0n) is 2.51. The van der Waals surface area contributed by atoms with Crippen molar-refractivity contribution in [3.8, 4) is 0 Å². The van der Waals surface area contributed by atoms with Crippen molar-refractivity contribution >= 4 is 0 Å². The summed E-state index contributed by atoms with van der Waals surface area (Å²) >= 11 is 0. The summed E-state index contributed by atoms with van der Waals surface area (Å²) in [4.78, 5) is 0. The van der Waals surface area contributed by atoms with Crippen molar-refractivity contribution in [1.82, 2.24) is 0 Å². The molecule has 0 atom stereocenters. The van der Waals surface area contributed by atoms with E-state index in [4.69, 9.17) is 0 Å². The molecule has 0 saturated carbocycles. The average Bonchev–Trinajstić information content (AvgIpc) is 0. The van der Waals surface area contributed by atoms with Gasteiger partial charge in [-0.1, -0.05) is 0 Å². The van der Waals surface area contributed by atoms with E-state index in [-0.39, 0.29) is 105 Å². The summed E-state index contributed by atoms with van der Waals surface area (Å²) in [5.74, 6) is 0. The predicted octanol–water partition coefficient (Wildman–Crippen LogP) is -15.0. The molecule has 0 rings (SSSR count). The van der Waals surface area contributed by atoms with E-state index in [0.717, 1.165) is 0 Å². The second-order valence-electron chi connectivity index (χ2n) is 0. The van der Waals surface area contributed by atoms with Crippen LogP contribution in [-0.4, -0.2) is 0 Å². The van der Waals surface area contributed by atoms with Gasteiger partial charge in [0.2, 0.25) is 0 Å². The molecule has 0 aromatic carbocycles. The van der Waals surface area contributed by atoms with Gasteiger partial charge in [0, 0.05) is 0 Å². The van der Waals surface area contributed by atoms with Crippen LogP contribution in [0.2, 0.25) is 0 Å². The molecule has 0 bridgehead atoms. The van der Waals surface area contributed by atoms with Crippen molar-refractivity contribution in [3.63, 3.8) is 0 Å². The Balaban J connectivity index is 0. The Morgan fingerprint density at radius 3 is 0.429 bits per heavy atom. The van der Waals surface area contributed by atoms with Crippen LogP contribution >= 0.6 is 0 Å². The van der Waals surface area contributed by atoms with Crippen LogP contribution in [0.4, 0.5) is 0 Å². The minimum atomic E-state index is 0. The van der Waals surface area contributed by atoms with Crippen LogP contribution in [0.25, 0.3) is 0 Å². The fourth-order valence-electron chi connectivity index (χ4n) is 0. The van der Waals surface area contributed by atoms with Crippen LogP contribution in [0.5, 0.6) is 0 Å². The maximum absolute atomic E-state index is 0. The van der Waals surface area contributed by atoms with Crippen LogP contribution < -0.4 is 62.0 Å². The smallest absolute Gasteiger partial charge is 1.00 e. The first-order chi connectivity index (χ1) is 0. The Bertz CT molecular complexity index is 8.04. The number of hydrogen-bond acceptors (Lipinski definition) is 0. The molecule has 0 aromatic heterocycles. The third-order valence-corrected chi connectivity index (χ3v) is 0. The molecule has 7 heavy (non-hydrogen) atoms. The molecular formula is AuCl5Pd. The third-order valence-electron chi connectivity index (χ3n) is 0. The molecule has 0 saturated heterocycles. The SMILES string of the molecule is [Au+3].[Cl-].[Cl-].[Cl-].[Cl-].[Cl-].[Pd+2]. The topological polar surface area (TPSA) is 0 Å². The predicted molar refractivity (Wildman–Crippen MR) is 0 cm³/mol. The van der Waals surface area contributed by atoms with Gasteiger partial charge in [0.25, 0.3) is 0 Å². The van der Waals surface area contributed by atoms with Crippen LogP contribution in [0, 0.1) is 0 Å². The molecule has 0 aromatic rings. The molecule has 0 fully saturated rings. The zero-order valence-corrected chi connectivity index (χ0v) is 10.0. The fraction of sp³-hybridized carbons (Fsp3) is 0. The summed E-state index contributed by atoms with van der Waals surface area (Å²) in [6, 6.07) is 0. The molecule has 0 aliphatic rings. The summed E-state index contributed by atoms with van der Waals surface area (Å²) < 4.78 is 0.